The van der Waals surface area contributed by atoms with Crippen LogP contribution in [-0.2, 0) is 22.5 Å². The molecule has 2 aromatic heterocycles. The zero-order chi connectivity index (χ0) is 19.9. The second-order valence-electron chi connectivity index (χ2n) is 5.88. The molecule has 3 rings (SSSR count). The summed E-state index contributed by atoms with van der Waals surface area (Å²) in [6.07, 6.45) is 0.205. The van der Waals surface area contributed by atoms with E-state index in [2.05, 4.69) is 15.3 Å². The van der Waals surface area contributed by atoms with Crippen LogP contribution < -0.4 is 10.9 Å². The van der Waals surface area contributed by atoms with Gasteiger partial charge in [0.1, 0.15) is 17.3 Å². The van der Waals surface area contributed by atoms with Crippen molar-refractivity contribution in [2.45, 2.75) is 19.9 Å². The molecule has 0 amide bonds. The van der Waals surface area contributed by atoms with Crippen LogP contribution in [0.1, 0.15) is 23.6 Å². The molecule has 8 heteroatoms. The van der Waals surface area contributed by atoms with E-state index >= 15 is 0 Å². The highest BCUT2D eigenvalue weighted by Crippen LogP contribution is 2.25. The van der Waals surface area contributed by atoms with Gasteiger partial charge in [0.05, 0.1) is 17.9 Å². The number of ether oxygens (including phenoxy) is 1. The van der Waals surface area contributed by atoms with E-state index in [1.54, 1.807) is 6.92 Å². The Labute approximate surface area is 165 Å². The minimum Gasteiger partial charge on any atom is -0.466 e. The molecule has 142 valence electrons. The maximum Gasteiger partial charge on any atom is 0.310 e. The Hall–Kier alpha value is -3.44. The van der Waals surface area contributed by atoms with Gasteiger partial charge in [-0.15, -0.1) is 11.3 Å². The second kappa shape index (κ2) is 8.97. The van der Waals surface area contributed by atoms with Gasteiger partial charge in [0.15, 0.2) is 0 Å². The van der Waals surface area contributed by atoms with Crippen molar-refractivity contribution in [2.75, 3.05) is 11.9 Å². The lowest BCUT2D eigenvalue weighted by Gasteiger charge is -2.09. The lowest BCUT2D eigenvalue weighted by Crippen LogP contribution is -2.17. The standard InChI is InChI=1S/C20H18N4O3S/c1-2-27-17(25)10-13-5-3-6-14(9-13)12-22-20-23-18(16-7-4-8-28-16)15(11-21)19(26)24-20/h3-9H,2,10,12H2,1H3,(H2,22,23,24,26). The fourth-order valence-corrected chi connectivity index (χ4v) is 3.39. The average molecular weight is 394 g/mol. The lowest BCUT2D eigenvalue weighted by molar-refractivity contribution is -0.142. The van der Waals surface area contributed by atoms with Crippen molar-refractivity contribution >= 4 is 23.3 Å². The van der Waals surface area contributed by atoms with Crippen molar-refractivity contribution < 1.29 is 9.53 Å². The summed E-state index contributed by atoms with van der Waals surface area (Å²) in [6, 6.07) is 13.1. The molecular weight excluding hydrogens is 376 g/mol. The maximum absolute atomic E-state index is 12.2. The number of esters is 1. The third kappa shape index (κ3) is 4.64. The highest BCUT2D eigenvalue weighted by molar-refractivity contribution is 7.13. The Morgan fingerprint density at radius 1 is 1.32 bits per heavy atom. The molecule has 2 N–H and O–H groups in total. The van der Waals surface area contributed by atoms with Crippen LogP contribution in [0.5, 0.6) is 0 Å². The fourth-order valence-electron chi connectivity index (χ4n) is 2.67. The molecule has 2 heterocycles. The molecule has 0 aliphatic rings. The summed E-state index contributed by atoms with van der Waals surface area (Å²) in [5.41, 5.74) is 1.63. The number of nitrogens with one attached hydrogen (secondary N) is 2. The molecule has 28 heavy (non-hydrogen) atoms. The number of H-pyrrole nitrogens is 1. The molecule has 0 unspecified atom stereocenters. The first-order chi connectivity index (χ1) is 13.6. The molecule has 0 aliphatic carbocycles. The Balaban J connectivity index is 1.77. The Kier molecular flexibility index (Phi) is 6.19. The summed E-state index contributed by atoms with van der Waals surface area (Å²) in [5.74, 6) is 0.00878. The van der Waals surface area contributed by atoms with Gasteiger partial charge in [-0.1, -0.05) is 30.3 Å². The highest BCUT2D eigenvalue weighted by Gasteiger charge is 2.14. The normalized spacial score (nSPS) is 10.3. The summed E-state index contributed by atoms with van der Waals surface area (Å²) < 4.78 is 4.97. The van der Waals surface area contributed by atoms with Crippen LogP contribution in [0.4, 0.5) is 5.95 Å². The molecule has 0 bridgehead atoms. The van der Waals surface area contributed by atoms with Gasteiger partial charge in [-0.3, -0.25) is 14.6 Å². The Morgan fingerprint density at radius 2 is 2.14 bits per heavy atom. The maximum atomic E-state index is 12.2. The Morgan fingerprint density at radius 3 is 2.86 bits per heavy atom. The van der Waals surface area contributed by atoms with Crippen molar-refractivity contribution in [1.29, 1.82) is 5.26 Å². The van der Waals surface area contributed by atoms with Crippen LogP contribution in [0.3, 0.4) is 0 Å². The van der Waals surface area contributed by atoms with Gasteiger partial charge in [0.25, 0.3) is 5.56 Å². The first-order valence-corrected chi connectivity index (χ1v) is 9.54. The summed E-state index contributed by atoms with van der Waals surface area (Å²) in [7, 11) is 0. The zero-order valence-electron chi connectivity index (χ0n) is 15.2. The number of hydrogen-bond acceptors (Lipinski definition) is 7. The fraction of sp³-hybridized carbons (Fsp3) is 0.200. The third-order valence-electron chi connectivity index (χ3n) is 3.89. The van der Waals surface area contributed by atoms with Gasteiger partial charge in [0, 0.05) is 6.54 Å². The van der Waals surface area contributed by atoms with E-state index in [0.717, 1.165) is 16.0 Å². The topological polar surface area (TPSA) is 108 Å². The number of nitriles is 1. The number of carbonyl (C=O) groups is 1. The van der Waals surface area contributed by atoms with Gasteiger partial charge in [0.2, 0.25) is 5.95 Å². The van der Waals surface area contributed by atoms with Crippen molar-refractivity contribution in [3.63, 3.8) is 0 Å². The van der Waals surface area contributed by atoms with Crippen LogP contribution in [0.2, 0.25) is 0 Å². The highest BCUT2D eigenvalue weighted by atomic mass is 32.1. The summed E-state index contributed by atoms with van der Waals surface area (Å²) >= 11 is 1.41. The molecule has 0 radical (unpaired) electrons. The lowest BCUT2D eigenvalue weighted by atomic mass is 10.1. The molecule has 7 nitrogen and oxygen atoms in total. The van der Waals surface area contributed by atoms with Crippen LogP contribution in [0, 0.1) is 11.3 Å². The van der Waals surface area contributed by atoms with Gasteiger partial charge < -0.3 is 10.1 Å². The van der Waals surface area contributed by atoms with E-state index in [4.69, 9.17) is 4.74 Å². The van der Waals surface area contributed by atoms with E-state index in [0.29, 0.717) is 18.8 Å². The molecule has 0 saturated carbocycles. The predicted octanol–water partition coefficient (Wildman–Crippen LogP) is 3.09. The van der Waals surface area contributed by atoms with Crippen molar-refractivity contribution in [3.8, 4) is 16.6 Å². The smallest absolute Gasteiger partial charge is 0.310 e. The predicted molar refractivity (Wildman–Crippen MR) is 107 cm³/mol. The third-order valence-corrected chi connectivity index (χ3v) is 4.77. The number of aromatic nitrogens is 2. The molecule has 0 aliphatic heterocycles. The zero-order valence-corrected chi connectivity index (χ0v) is 16.0. The molecule has 0 spiro atoms. The number of nitrogens with zero attached hydrogens (tertiary/aromatic N) is 2. The van der Waals surface area contributed by atoms with Crippen molar-refractivity contribution in [2.24, 2.45) is 0 Å². The SMILES string of the molecule is CCOC(=O)Cc1cccc(CNc2nc(-c3cccs3)c(C#N)c(=O)[nH]2)c1. The van der Waals surface area contributed by atoms with Crippen molar-refractivity contribution in [3.05, 3.63) is 68.8 Å². The van der Waals surface area contributed by atoms with E-state index < -0.39 is 5.56 Å². The van der Waals surface area contributed by atoms with Crippen LogP contribution >= 0.6 is 11.3 Å². The van der Waals surface area contributed by atoms with Crippen LogP contribution in [0.25, 0.3) is 10.6 Å². The largest absolute Gasteiger partial charge is 0.466 e. The van der Waals surface area contributed by atoms with Gasteiger partial charge in [-0.05, 0) is 29.5 Å². The Bertz CT molecular complexity index is 1070. The molecule has 1 aromatic carbocycles. The first-order valence-electron chi connectivity index (χ1n) is 8.66. The molecule has 3 aromatic rings. The number of aromatic amines is 1. The van der Waals surface area contributed by atoms with E-state index in [9.17, 15) is 14.9 Å². The van der Waals surface area contributed by atoms with Crippen molar-refractivity contribution in [1.82, 2.24) is 9.97 Å². The monoisotopic (exact) mass is 394 g/mol. The first kappa shape index (κ1) is 19.3. The number of anilines is 1. The van der Waals surface area contributed by atoms with Gasteiger partial charge in [-0.25, -0.2) is 4.98 Å². The molecular formula is C20H18N4O3S. The minimum atomic E-state index is -0.487. The van der Waals surface area contributed by atoms with E-state index in [1.807, 2.05) is 47.8 Å². The molecule has 0 saturated heterocycles. The summed E-state index contributed by atoms with van der Waals surface area (Å²) in [6.45, 7) is 2.52. The van der Waals surface area contributed by atoms with E-state index in [-0.39, 0.29) is 23.9 Å². The molecule has 0 atom stereocenters. The summed E-state index contributed by atoms with van der Waals surface area (Å²) in [5, 5.41) is 14.2. The van der Waals surface area contributed by atoms with E-state index in [1.165, 1.54) is 11.3 Å². The van der Waals surface area contributed by atoms with Gasteiger partial charge >= 0.3 is 5.97 Å². The van der Waals surface area contributed by atoms with Gasteiger partial charge in [-0.2, -0.15) is 5.26 Å². The molecule has 0 fully saturated rings. The number of thiophene rings is 1. The van der Waals surface area contributed by atoms with Crippen LogP contribution in [0.15, 0.2) is 46.6 Å². The van der Waals surface area contributed by atoms with Crippen LogP contribution in [-0.4, -0.2) is 22.5 Å². The number of carbonyl (C=O) groups excluding carboxylic acids is 1. The summed E-state index contributed by atoms with van der Waals surface area (Å²) in [4.78, 5) is 31.6. The average Bonchev–Trinajstić information content (AvgIpc) is 3.21. The number of hydrogen-bond donors (Lipinski definition) is 2. The number of rotatable bonds is 7. The second-order valence-corrected chi connectivity index (χ2v) is 6.83. The number of benzene rings is 1. The quantitative estimate of drug-likeness (QED) is 0.596. The minimum absolute atomic E-state index is 0.00978.